The number of likely N-dealkylation sites (N-methyl/N-ethyl adjacent to an activating group) is 1. The molecule has 1 aromatic carbocycles. The van der Waals surface area contributed by atoms with Crippen LogP contribution in [0.2, 0.25) is 0 Å². The molecular weight excluding hydrogens is 448 g/mol. The fourth-order valence-electron chi connectivity index (χ4n) is 4.88. The smallest absolute Gasteiger partial charge is 0.333 e. The molecule has 188 valence electrons. The third-order valence-electron chi connectivity index (χ3n) is 7.07. The van der Waals surface area contributed by atoms with Gasteiger partial charge in [-0.05, 0) is 62.6 Å². The number of carbonyl (C=O) groups excluding carboxylic acids is 1. The Labute approximate surface area is 215 Å². The quantitative estimate of drug-likeness (QED) is 0.280. The molecule has 0 amide bonds. The lowest BCUT2D eigenvalue weighted by molar-refractivity contribution is -0.491. The average molecular weight is 486 g/mol. The third kappa shape index (κ3) is 5.01. The van der Waals surface area contributed by atoms with Crippen molar-refractivity contribution in [3.8, 4) is 0 Å². The van der Waals surface area contributed by atoms with Crippen molar-refractivity contribution in [2.75, 3.05) is 26.7 Å². The maximum absolute atomic E-state index is 12.1. The minimum absolute atomic E-state index is 0.0459. The number of hydrogen-bond acceptors (Lipinski definition) is 4. The first kappa shape index (κ1) is 25.5. The van der Waals surface area contributed by atoms with Crippen molar-refractivity contribution in [2.45, 2.75) is 40.4 Å². The maximum Gasteiger partial charge on any atom is 0.333 e. The fourth-order valence-corrected chi connectivity index (χ4v) is 4.88. The fraction of sp³-hybridized carbons (Fsp3) is 0.355. The number of esters is 1. The molecule has 0 spiro atoms. The molecule has 0 aromatic heterocycles. The van der Waals surface area contributed by atoms with Crippen molar-refractivity contribution >= 4 is 17.3 Å². The number of ether oxygens (including phenoxy) is 2. The Morgan fingerprint density at radius 2 is 1.89 bits per heavy atom. The van der Waals surface area contributed by atoms with Gasteiger partial charge < -0.3 is 14.4 Å². The van der Waals surface area contributed by atoms with Gasteiger partial charge in [-0.15, -0.1) is 0 Å². The van der Waals surface area contributed by atoms with Crippen LogP contribution in [0.4, 0.5) is 0 Å². The maximum atomic E-state index is 12.1. The number of rotatable bonds is 8. The Hall–Kier alpha value is -3.60. The number of fused-ring (bicyclic) bond motifs is 2. The summed E-state index contributed by atoms with van der Waals surface area (Å²) >= 11 is 0. The van der Waals surface area contributed by atoms with E-state index in [1.807, 2.05) is 18.2 Å². The van der Waals surface area contributed by atoms with Crippen LogP contribution in [0.25, 0.3) is 5.57 Å². The molecule has 0 radical (unpaired) electrons. The number of nitrogens with zero attached hydrogens (tertiary/aromatic N) is 2. The number of hydrogen-bond donors (Lipinski definition) is 0. The lowest BCUT2D eigenvalue weighted by atomic mass is 9.77. The summed E-state index contributed by atoms with van der Waals surface area (Å²) in [7, 11) is 2.09. The molecule has 0 saturated carbocycles. The molecule has 36 heavy (non-hydrogen) atoms. The van der Waals surface area contributed by atoms with Crippen molar-refractivity contribution in [1.29, 1.82) is 0 Å². The molecule has 2 unspecified atom stereocenters. The second-order valence-electron chi connectivity index (χ2n) is 9.35. The molecule has 1 heterocycles. The molecule has 0 bridgehead atoms. The number of carbonyl (C=O) groups is 1. The molecule has 0 fully saturated rings. The predicted octanol–water partition coefficient (Wildman–Crippen LogP) is 5.43. The predicted molar refractivity (Wildman–Crippen MR) is 145 cm³/mol. The monoisotopic (exact) mass is 485 g/mol. The summed E-state index contributed by atoms with van der Waals surface area (Å²) in [4.78, 5) is 14.5. The highest BCUT2D eigenvalue weighted by Gasteiger charge is 2.37. The van der Waals surface area contributed by atoms with E-state index in [0.29, 0.717) is 5.57 Å². The first-order chi connectivity index (χ1) is 17.4. The molecule has 1 aromatic rings. The van der Waals surface area contributed by atoms with Gasteiger partial charge in [0, 0.05) is 41.9 Å². The van der Waals surface area contributed by atoms with Crippen LogP contribution in [-0.4, -0.2) is 53.9 Å². The zero-order chi connectivity index (χ0) is 25.8. The van der Waals surface area contributed by atoms with Gasteiger partial charge in [0.1, 0.15) is 32.1 Å². The zero-order valence-corrected chi connectivity index (χ0v) is 22.1. The van der Waals surface area contributed by atoms with Gasteiger partial charge in [0.05, 0.1) is 6.08 Å². The minimum Gasteiger partial charge on any atom is -0.484 e. The van der Waals surface area contributed by atoms with Crippen molar-refractivity contribution in [2.24, 2.45) is 5.92 Å². The van der Waals surface area contributed by atoms with Crippen LogP contribution in [-0.2, 0) is 20.9 Å². The van der Waals surface area contributed by atoms with Crippen molar-refractivity contribution in [3.63, 3.8) is 0 Å². The average Bonchev–Trinajstić information content (AvgIpc) is 2.90. The second kappa shape index (κ2) is 11.0. The Morgan fingerprint density at radius 1 is 1.14 bits per heavy atom. The van der Waals surface area contributed by atoms with E-state index in [1.165, 1.54) is 11.3 Å². The van der Waals surface area contributed by atoms with Crippen molar-refractivity contribution in [3.05, 3.63) is 101 Å². The molecule has 0 N–H and O–H groups in total. The minimum atomic E-state index is -0.378. The molecule has 5 nitrogen and oxygen atoms in total. The van der Waals surface area contributed by atoms with Gasteiger partial charge >= 0.3 is 5.97 Å². The van der Waals surface area contributed by atoms with Crippen LogP contribution >= 0.6 is 0 Å². The van der Waals surface area contributed by atoms with Crippen LogP contribution in [0.5, 0.6) is 0 Å². The summed E-state index contributed by atoms with van der Waals surface area (Å²) in [6.07, 6.45) is 13.1. The number of benzene rings is 1. The summed E-state index contributed by atoms with van der Waals surface area (Å²) in [5.74, 6) is 0.546. The molecule has 2 aliphatic carbocycles. The van der Waals surface area contributed by atoms with E-state index in [-0.39, 0.29) is 24.6 Å². The Bertz CT molecular complexity index is 1240. The highest BCUT2D eigenvalue weighted by molar-refractivity contribution is 6.04. The van der Waals surface area contributed by atoms with Gasteiger partial charge in [-0.1, -0.05) is 36.9 Å². The molecule has 4 rings (SSSR count). The zero-order valence-electron chi connectivity index (χ0n) is 22.1. The summed E-state index contributed by atoms with van der Waals surface area (Å²) < 4.78 is 14.4. The molecule has 0 saturated heterocycles. The molecule has 1 aliphatic heterocycles. The SMILES string of the molecule is C=C(C)C(=O)OCc1ccccc1C1=C2C=C/C(=[N+](/C)CC)C=C2OC2C=C(N(CC)CC)C=CC12. The molecular formula is C31H37N2O3+. The molecule has 5 heteroatoms. The first-order valence-corrected chi connectivity index (χ1v) is 12.8. The van der Waals surface area contributed by atoms with Gasteiger partial charge in [-0.25, -0.2) is 9.37 Å². The van der Waals surface area contributed by atoms with E-state index in [1.54, 1.807) is 6.92 Å². The third-order valence-corrected chi connectivity index (χ3v) is 7.07. The van der Waals surface area contributed by atoms with Crippen LogP contribution in [0, 0.1) is 5.92 Å². The summed E-state index contributed by atoms with van der Waals surface area (Å²) in [5, 5.41) is 0. The van der Waals surface area contributed by atoms with E-state index in [0.717, 1.165) is 47.8 Å². The topological polar surface area (TPSA) is 41.8 Å². The molecule has 2 atom stereocenters. The Balaban J connectivity index is 1.83. The van der Waals surface area contributed by atoms with Gasteiger partial charge in [-0.3, -0.25) is 0 Å². The summed E-state index contributed by atoms with van der Waals surface area (Å²) in [6.45, 7) is 14.9. The van der Waals surface area contributed by atoms with Crippen LogP contribution in [0.3, 0.4) is 0 Å². The van der Waals surface area contributed by atoms with Gasteiger partial charge in [0.25, 0.3) is 0 Å². The van der Waals surface area contributed by atoms with Crippen LogP contribution in [0.1, 0.15) is 38.8 Å². The Morgan fingerprint density at radius 3 is 2.58 bits per heavy atom. The van der Waals surface area contributed by atoms with Gasteiger partial charge in [0.2, 0.25) is 5.71 Å². The number of allylic oxidation sites excluding steroid dienone is 4. The lowest BCUT2D eigenvalue weighted by Crippen LogP contribution is -2.34. The van der Waals surface area contributed by atoms with Gasteiger partial charge in [-0.2, -0.15) is 0 Å². The lowest BCUT2D eigenvalue weighted by Gasteiger charge is -2.38. The molecule has 3 aliphatic rings. The van der Waals surface area contributed by atoms with E-state index in [4.69, 9.17) is 9.47 Å². The van der Waals surface area contributed by atoms with Crippen LogP contribution in [0.15, 0.2) is 89.9 Å². The summed E-state index contributed by atoms with van der Waals surface area (Å²) in [5.41, 5.74) is 7.02. The Kier molecular flexibility index (Phi) is 7.78. The van der Waals surface area contributed by atoms with Crippen molar-refractivity contribution < 1.29 is 18.8 Å². The summed E-state index contributed by atoms with van der Waals surface area (Å²) in [6, 6.07) is 8.18. The second-order valence-corrected chi connectivity index (χ2v) is 9.35. The van der Waals surface area contributed by atoms with Crippen molar-refractivity contribution in [1.82, 2.24) is 4.90 Å². The van der Waals surface area contributed by atoms with Gasteiger partial charge in [0.15, 0.2) is 0 Å². The van der Waals surface area contributed by atoms with E-state index in [2.05, 4.69) is 86.4 Å². The van der Waals surface area contributed by atoms with E-state index < -0.39 is 0 Å². The van der Waals surface area contributed by atoms with Crippen LogP contribution < -0.4 is 0 Å². The largest absolute Gasteiger partial charge is 0.484 e. The van der Waals surface area contributed by atoms with E-state index >= 15 is 0 Å². The first-order valence-electron chi connectivity index (χ1n) is 12.8. The highest BCUT2D eigenvalue weighted by Crippen LogP contribution is 2.45. The standard InChI is InChI=1S/C31H37N2O3/c1-7-32(6)23-14-16-26-28(18-23)36-29-19-24(33(8-2)9-3)15-17-27(29)30(26)25-13-11-10-12-22(25)20-35-31(34)21(4)5/h10-19,27,29H,4,7-9,20H2,1-3,5-6H3/q+1/b32-23+. The van der Waals surface area contributed by atoms with E-state index in [9.17, 15) is 4.79 Å². The normalized spacial score (nSPS) is 21.6. The highest BCUT2D eigenvalue weighted by atomic mass is 16.5.